The van der Waals surface area contributed by atoms with Gasteiger partial charge in [0.2, 0.25) is 5.91 Å². The Bertz CT molecular complexity index is 584. The molecule has 8 nitrogen and oxygen atoms in total. The van der Waals surface area contributed by atoms with Crippen LogP contribution in [0.2, 0.25) is 0 Å². The maximum Gasteiger partial charge on any atom is 0.258 e. The quantitative estimate of drug-likeness (QED) is 0.563. The van der Waals surface area contributed by atoms with Crippen molar-refractivity contribution in [3.05, 3.63) is 30.3 Å². The number of anilines is 1. The Hall–Kier alpha value is -2.45. The van der Waals surface area contributed by atoms with Crippen molar-refractivity contribution in [2.24, 2.45) is 5.92 Å². The number of hydrogen-bond donors (Lipinski definition) is 4. The first-order valence-corrected chi connectivity index (χ1v) is 9.23. The second-order valence-corrected chi connectivity index (χ2v) is 6.08. The van der Waals surface area contributed by atoms with E-state index in [0.29, 0.717) is 12.1 Å². The lowest BCUT2D eigenvalue weighted by Gasteiger charge is -2.14. The van der Waals surface area contributed by atoms with E-state index in [2.05, 4.69) is 10.7 Å². The van der Waals surface area contributed by atoms with Gasteiger partial charge in [-0.05, 0) is 25.0 Å². The summed E-state index contributed by atoms with van der Waals surface area (Å²) in [6.07, 6.45) is 4.28. The molecule has 2 saturated heterocycles. The van der Waals surface area contributed by atoms with Crippen LogP contribution in [0.25, 0.3) is 0 Å². The van der Waals surface area contributed by atoms with E-state index in [1.165, 1.54) is 5.01 Å². The minimum absolute atomic E-state index is 0.125. The monoisotopic (exact) mass is 379 g/mol. The Morgan fingerprint density at radius 2 is 1.78 bits per heavy atom. The lowest BCUT2D eigenvalue weighted by Crippen LogP contribution is -2.35. The SMILES string of the molecule is CCCCC1C(=O)NN(c2ccccc2)C1=O.O=C1CCCN1.OCCO. The number of carbonyl (C=O) groups excluding carboxylic acids is 3. The zero-order valence-electron chi connectivity index (χ0n) is 15.7. The molecule has 1 atom stereocenters. The van der Waals surface area contributed by atoms with Gasteiger partial charge in [0.1, 0.15) is 5.92 Å². The third-order valence-corrected chi connectivity index (χ3v) is 3.92. The van der Waals surface area contributed by atoms with Crippen LogP contribution in [0.15, 0.2) is 30.3 Å². The predicted octanol–water partition coefficient (Wildman–Crippen LogP) is 0.738. The molecule has 2 heterocycles. The van der Waals surface area contributed by atoms with E-state index < -0.39 is 5.92 Å². The molecule has 0 radical (unpaired) electrons. The van der Waals surface area contributed by atoms with Crippen LogP contribution in [-0.2, 0) is 14.4 Å². The molecule has 1 aromatic carbocycles. The van der Waals surface area contributed by atoms with E-state index in [1.807, 2.05) is 25.1 Å². The lowest BCUT2D eigenvalue weighted by molar-refractivity contribution is -0.128. The summed E-state index contributed by atoms with van der Waals surface area (Å²) in [5, 5.41) is 19.3. The van der Waals surface area contributed by atoms with Crippen molar-refractivity contribution in [1.29, 1.82) is 0 Å². The highest BCUT2D eigenvalue weighted by Crippen LogP contribution is 2.22. The average molecular weight is 379 g/mol. The number of hydrogen-bond acceptors (Lipinski definition) is 5. The first-order valence-electron chi connectivity index (χ1n) is 9.23. The summed E-state index contributed by atoms with van der Waals surface area (Å²) < 4.78 is 0. The Morgan fingerprint density at radius 3 is 2.22 bits per heavy atom. The summed E-state index contributed by atoms with van der Waals surface area (Å²) >= 11 is 0. The number of benzene rings is 1. The van der Waals surface area contributed by atoms with Gasteiger partial charge in [-0.1, -0.05) is 38.0 Å². The fourth-order valence-electron chi connectivity index (χ4n) is 2.51. The molecule has 2 fully saturated rings. The number of hydrazine groups is 1. The molecule has 8 heteroatoms. The lowest BCUT2D eigenvalue weighted by atomic mass is 10.0. The zero-order valence-corrected chi connectivity index (χ0v) is 15.7. The number of nitrogens with zero attached hydrogens (tertiary/aromatic N) is 1. The van der Waals surface area contributed by atoms with Gasteiger partial charge in [0.05, 0.1) is 18.9 Å². The molecule has 27 heavy (non-hydrogen) atoms. The second kappa shape index (κ2) is 12.8. The van der Waals surface area contributed by atoms with Crippen molar-refractivity contribution in [1.82, 2.24) is 10.7 Å². The molecule has 0 spiro atoms. The predicted molar refractivity (Wildman–Crippen MR) is 102 cm³/mol. The normalized spacial score (nSPS) is 18.1. The van der Waals surface area contributed by atoms with Gasteiger partial charge in [-0.15, -0.1) is 0 Å². The van der Waals surface area contributed by atoms with Crippen LogP contribution >= 0.6 is 0 Å². The van der Waals surface area contributed by atoms with Crippen LogP contribution in [0.4, 0.5) is 5.69 Å². The Balaban J connectivity index is 0.000000299. The highest BCUT2D eigenvalue weighted by atomic mass is 16.3. The van der Waals surface area contributed by atoms with E-state index >= 15 is 0 Å². The van der Waals surface area contributed by atoms with Crippen molar-refractivity contribution in [2.75, 3.05) is 24.8 Å². The van der Waals surface area contributed by atoms with Crippen LogP contribution in [0.5, 0.6) is 0 Å². The summed E-state index contributed by atoms with van der Waals surface area (Å²) in [7, 11) is 0. The molecule has 150 valence electrons. The summed E-state index contributed by atoms with van der Waals surface area (Å²) in [6.45, 7) is 2.69. The molecular weight excluding hydrogens is 350 g/mol. The number of para-hydroxylation sites is 1. The topological polar surface area (TPSA) is 119 Å². The van der Waals surface area contributed by atoms with Crippen LogP contribution < -0.4 is 15.8 Å². The molecule has 3 amide bonds. The van der Waals surface area contributed by atoms with Crippen LogP contribution in [-0.4, -0.2) is 47.7 Å². The van der Waals surface area contributed by atoms with Gasteiger partial charge in [-0.3, -0.25) is 19.8 Å². The van der Waals surface area contributed by atoms with Gasteiger partial charge in [0.25, 0.3) is 11.8 Å². The maximum atomic E-state index is 12.1. The van der Waals surface area contributed by atoms with Crippen molar-refractivity contribution in [3.63, 3.8) is 0 Å². The number of unbranched alkanes of at least 4 members (excludes halogenated alkanes) is 1. The number of amides is 3. The maximum absolute atomic E-state index is 12.1. The van der Waals surface area contributed by atoms with E-state index in [4.69, 9.17) is 10.2 Å². The summed E-state index contributed by atoms with van der Waals surface area (Å²) in [5.74, 6) is -0.646. The molecule has 4 N–H and O–H groups in total. The molecule has 0 aliphatic carbocycles. The summed E-state index contributed by atoms with van der Waals surface area (Å²) in [5.41, 5.74) is 3.34. The van der Waals surface area contributed by atoms with Gasteiger partial charge in [0, 0.05) is 13.0 Å². The fraction of sp³-hybridized carbons (Fsp3) is 0.526. The Labute approximate surface area is 159 Å². The van der Waals surface area contributed by atoms with E-state index in [9.17, 15) is 14.4 Å². The average Bonchev–Trinajstić information content (AvgIpc) is 3.28. The van der Waals surface area contributed by atoms with Gasteiger partial charge < -0.3 is 15.5 Å². The van der Waals surface area contributed by atoms with Gasteiger partial charge in [-0.25, -0.2) is 5.01 Å². The zero-order chi connectivity index (χ0) is 20.1. The molecular formula is C19H29N3O5. The summed E-state index contributed by atoms with van der Waals surface area (Å²) in [6, 6.07) is 9.17. The van der Waals surface area contributed by atoms with Crippen LogP contribution in [0.3, 0.4) is 0 Å². The molecule has 1 unspecified atom stereocenters. The molecule has 0 aromatic heterocycles. The highest BCUT2D eigenvalue weighted by Gasteiger charge is 2.39. The van der Waals surface area contributed by atoms with Crippen molar-refractivity contribution >= 4 is 23.4 Å². The van der Waals surface area contributed by atoms with Crippen molar-refractivity contribution in [3.8, 4) is 0 Å². The second-order valence-electron chi connectivity index (χ2n) is 6.08. The Morgan fingerprint density at radius 1 is 1.11 bits per heavy atom. The third-order valence-electron chi connectivity index (χ3n) is 3.92. The van der Waals surface area contributed by atoms with E-state index in [-0.39, 0.29) is 30.9 Å². The van der Waals surface area contributed by atoms with Crippen molar-refractivity contribution in [2.45, 2.75) is 39.0 Å². The molecule has 2 aliphatic rings. The number of aliphatic hydroxyl groups is 2. The van der Waals surface area contributed by atoms with E-state index in [1.54, 1.807) is 12.1 Å². The van der Waals surface area contributed by atoms with Crippen LogP contribution in [0, 0.1) is 5.92 Å². The number of rotatable bonds is 5. The molecule has 3 rings (SSSR count). The molecule has 0 bridgehead atoms. The molecule has 2 aliphatic heterocycles. The summed E-state index contributed by atoms with van der Waals surface area (Å²) in [4.78, 5) is 33.9. The van der Waals surface area contributed by atoms with Crippen LogP contribution in [0.1, 0.15) is 39.0 Å². The highest BCUT2D eigenvalue weighted by molar-refractivity contribution is 6.14. The minimum atomic E-state index is -0.518. The standard InChI is InChI=1S/C13H16N2O2.C4H7NO.C2H6O2/c1-2-3-9-11-12(16)14-15(13(11)17)10-7-5-4-6-8-10;6-4-2-1-3-5-4;3-1-2-4/h4-8,11H,2-3,9H2,1H3,(H,14,16);1-3H2,(H,5,6);3-4H,1-2H2. The van der Waals surface area contributed by atoms with Gasteiger partial charge >= 0.3 is 0 Å². The van der Waals surface area contributed by atoms with Gasteiger partial charge in [0.15, 0.2) is 0 Å². The third kappa shape index (κ3) is 7.76. The Kier molecular flexibility index (Phi) is 10.7. The molecule has 1 aromatic rings. The van der Waals surface area contributed by atoms with E-state index in [0.717, 1.165) is 32.2 Å². The number of nitrogens with one attached hydrogen (secondary N) is 2. The largest absolute Gasteiger partial charge is 0.394 e. The first-order chi connectivity index (χ1) is 13.0. The fourth-order valence-corrected chi connectivity index (χ4v) is 2.51. The first kappa shape index (κ1) is 22.6. The smallest absolute Gasteiger partial charge is 0.258 e. The molecule has 0 saturated carbocycles. The van der Waals surface area contributed by atoms with Crippen molar-refractivity contribution < 1.29 is 24.6 Å². The van der Waals surface area contributed by atoms with Gasteiger partial charge in [-0.2, -0.15) is 0 Å². The minimum Gasteiger partial charge on any atom is -0.394 e. The number of carbonyl (C=O) groups is 3. The number of aliphatic hydroxyl groups excluding tert-OH is 2.